The molecule has 1 aromatic heterocycles. The number of carbonyl (C=O) groups excluding carboxylic acids is 2. The van der Waals surface area contributed by atoms with Crippen molar-refractivity contribution >= 4 is 33.3 Å². The zero-order valence-electron chi connectivity index (χ0n) is 39.4. The largest absolute Gasteiger partial charge is 0.464 e. The van der Waals surface area contributed by atoms with Gasteiger partial charge in [0, 0.05) is 42.0 Å². The Bertz CT molecular complexity index is 1710. The summed E-state index contributed by atoms with van der Waals surface area (Å²) in [5.74, 6) is -4.34. The highest BCUT2D eigenvalue weighted by Gasteiger charge is 2.63. The minimum atomic E-state index is -1.38. The monoisotopic (exact) mass is 919 g/mol. The van der Waals surface area contributed by atoms with Crippen LogP contribution in [0.15, 0.2) is 41.6 Å². The third-order valence-corrected chi connectivity index (χ3v) is 17.9. The fraction of sp³-hybridized carbons (Fsp3) is 0.816. The molecule has 5 aliphatic heterocycles. The summed E-state index contributed by atoms with van der Waals surface area (Å²) in [7, 11) is 3.15. The molecule has 0 aromatic carbocycles. The smallest absolute Gasteiger partial charge is 0.311 e. The van der Waals surface area contributed by atoms with E-state index in [-0.39, 0.29) is 59.8 Å². The van der Waals surface area contributed by atoms with Crippen molar-refractivity contribution in [3.63, 3.8) is 0 Å². The molecule has 0 amide bonds. The second-order valence-corrected chi connectivity index (χ2v) is 22.3. The molecule has 12 nitrogen and oxygen atoms in total. The number of esters is 1. The minimum absolute atomic E-state index is 0.0108. The maximum Gasteiger partial charge on any atom is 0.311 e. The van der Waals surface area contributed by atoms with E-state index < -0.39 is 58.8 Å². The molecule has 3 N–H and O–H groups in total. The van der Waals surface area contributed by atoms with E-state index >= 15 is 0 Å². The highest BCUT2D eigenvalue weighted by atomic mass is 33.1. The summed E-state index contributed by atoms with van der Waals surface area (Å²) < 4.78 is 39.7. The average molecular weight is 920 g/mol. The van der Waals surface area contributed by atoms with Crippen molar-refractivity contribution in [2.24, 2.45) is 41.4 Å². The molecule has 5 aliphatic rings. The summed E-state index contributed by atoms with van der Waals surface area (Å²) in [5, 5.41) is 35.5. The maximum atomic E-state index is 14.7. The van der Waals surface area contributed by atoms with Gasteiger partial charge >= 0.3 is 5.97 Å². The minimum Gasteiger partial charge on any atom is -0.464 e. The van der Waals surface area contributed by atoms with Crippen molar-refractivity contribution < 1.29 is 53.3 Å². The summed E-state index contributed by atoms with van der Waals surface area (Å²) in [5.41, 5.74) is -1.64. The van der Waals surface area contributed by atoms with Crippen LogP contribution in [0.2, 0.25) is 0 Å². The first-order valence-corrected chi connectivity index (χ1v) is 26.3. The number of carbonyl (C=O) groups is 2. The molecule has 4 fully saturated rings. The van der Waals surface area contributed by atoms with Crippen molar-refractivity contribution in [1.29, 1.82) is 0 Å². The first-order chi connectivity index (χ1) is 29.9. The summed E-state index contributed by atoms with van der Waals surface area (Å²) in [6.45, 7) is 20.2. The fourth-order valence-electron chi connectivity index (χ4n) is 11.3. The quantitative estimate of drug-likeness (QED) is 0.0590. The van der Waals surface area contributed by atoms with Crippen LogP contribution in [0, 0.1) is 41.4 Å². The third kappa shape index (κ3) is 10.8. The molecule has 1 unspecified atom stereocenters. The Morgan fingerprint density at radius 2 is 1.70 bits per heavy atom. The van der Waals surface area contributed by atoms with Crippen LogP contribution in [0.3, 0.4) is 0 Å². The Hall–Kier alpha value is -1.59. The number of nitrogens with zero attached hydrogens (tertiary/aromatic N) is 1. The number of rotatable bonds is 17. The molecule has 356 valence electrons. The maximum absolute atomic E-state index is 14.7. The summed E-state index contributed by atoms with van der Waals surface area (Å²) in [6, 6.07) is 5.77. The molecule has 2 spiro atoms. The van der Waals surface area contributed by atoms with Gasteiger partial charge in [-0.3, -0.25) is 9.59 Å². The predicted molar refractivity (Wildman–Crippen MR) is 245 cm³/mol. The van der Waals surface area contributed by atoms with Crippen LogP contribution in [0.1, 0.15) is 133 Å². The van der Waals surface area contributed by atoms with Crippen LogP contribution in [0.25, 0.3) is 0 Å². The van der Waals surface area contributed by atoms with Crippen LogP contribution in [-0.2, 0) is 38.0 Å². The van der Waals surface area contributed by atoms with Gasteiger partial charge < -0.3 is 43.7 Å². The highest BCUT2D eigenvalue weighted by Crippen LogP contribution is 2.54. The van der Waals surface area contributed by atoms with Gasteiger partial charge in [0.1, 0.15) is 23.5 Å². The van der Waals surface area contributed by atoms with Crippen molar-refractivity contribution in [3.8, 4) is 0 Å². The van der Waals surface area contributed by atoms with Gasteiger partial charge in [-0.25, -0.2) is 4.98 Å². The third-order valence-electron chi connectivity index (χ3n) is 15.6. The van der Waals surface area contributed by atoms with Crippen molar-refractivity contribution in [2.45, 2.75) is 204 Å². The molecule has 1 aromatic rings. The predicted octanol–water partition coefficient (Wildman–Crippen LogP) is 8.48. The molecule has 0 radical (unpaired) electrons. The van der Waals surface area contributed by atoms with E-state index in [1.54, 1.807) is 33.9 Å². The van der Waals surface area contributed by atoms with Crippen LogP contribution in [-0.4, -0.2) is 110 Å². The molecular formula is C49H77NO11S2. The van der Waals surface area contributed by atoms with E-state index in [0.717, 1.165) is 17.9 Å². The number of aromatic nitrogens is 1. The molecule has 0 aliphatic carbocycles. The normalized spacial score (nSPS) is 40.6. The van der Waals surface area contributed by atoms with Crippen molar-refractivity contribution in [2.75, 3.05) is 12.4 Å². The summed E-state index contributed by atoms with van der Waals surface area (Å²) in [4.78, 5) is 32.3. The number of ketones is 1. The number of aliphatic hydroxyl groups excluding tert-OH is 2. The van der Waals surface area contributed by atoms with E-state index in [2.05, 4.69) is 25.8 Å². The van der Waals surface area contributed by atoms with E-state index in [9.17, 15) is 24.9 Å². The Kier molecular flexibility index (Phi) is 17.1. The Labute approximate surface area is 384 Å². The molecule has 0 saturated carbocycles. The van der Waals surface area contributed by atoms with Crippen LogP contribution in [0.4, 0.5) is 0 Å². The molecular weight excluding hydrogens is 843 g/mol. The van der Waals surface area contributed by atoms with Gasteiger partial charge in [-0.2, -0.15) is 0 Å². The second-order valence-electron chi connectivity index (χ2n) is 19.8. The summed E-state index contributed by atoms with van der Waals surface area (Å²) >= 11 is 0. The molecule has 6 heterocycles. The molecule has 0 bridgehead atoms. The van der Waals surface area contributed by atoms with Crippen LogP contribution in [0.5, 0.6) is 0 Å². The Balaban J connectivity index is 1.08. The van der Waals surface area contributed by atoms with Crippen LogP contribution < -0.4 is 0 Å². The SMILES string of the molecule is CC[C@H](C(=O)OCCSSc1ccccn1)C1CC[C@@H](C)[C@@H]([C@H](C)[C@@H](O)[C@@H](C)C(=O)[C@@H](CC)[C@@H]2O[C@@]3(C=C[C@H](O)[C@@]4(CC[C@](C)([C@@H]5CC[C@@](O)(CC)[C@@H](C)O5)O4)O3)[C@@H](C)C[C@H]2C)O1. The van der Waals surface area contributed by atoms with Crippen molar-refractivity contribution in [1.82, 2.24) is 4.98 Å². The number of pyridine rings is 1. The number of ether oxygens (including phenoxy) is 6. The molecule has 6 rings (SSSR count). The first kappa shape index (κ1) is 50.8. The topological polar surface area (TPSA) is 163 Å². The Morgan fingerprint density at radius 3 is 2.37 bits per heavy atom. The number of Topliss-reactive ketones (excluding diaryl/α,β-unsaturated/α-hetero) is 1. The Morgan fingerprint density at radius 1 is 0.952 bits per heavy atom. The lowest BCUT2D eigenvalue weighted by atomic mass is 9.72. The second kappa shape index (κ2) is 21.1. The fourth-order valence-corrected chi connectivity index (χ4v) is 13.0. The molecule has 4 saturated heterocycles. The first-order valence-electron chi connectivity index (χ1n) is 23.9. The van der Waals surface area contributed by atoms with Gasteiger partial charge in [0.05, 0.1) is 53.7 Å². The van der Waals surface area contributed by atoms with E-state index in [1.807, 2.05) is 72.7 Å². The lowest BCUT2D eigenvalue weighted by Gasteiger charge is -2.54. The number of hydrogen-bond acceptors (Lipinski definition) is 14. The average Bonchev–Trinajstić information content (AvgIpc) is 3.62. The van der Waals surface area contributed by atoms with E-state index in [1.165, 1.54) is 0 Å². The molecule has 63 heavy (non-hydrogen) atoms. The number of aliphatic hydroxyl groups is 3. The zero-order chi connectivity index (χ0) is 45.9. The van der Waals surface area contributed by atoms with Gasteiger partial charge in [-0.05, 0) is 119 Å². The zero-order valence-corrected chi connectivity index (χ0v) is 41.0. The van der Waals surface area contributed by atoms with E-state index in [0.29, 0.717) is 63.7 Å². The molecule has 18 atom stereocenters. The standard InChI is InChI=1S/C49H77NO11S2/c1-11-35(45(54)56-26-27-62-63-40-16-14-15-25-50-40)37-18-17-29(4)43(58-37)33(8)41(52)32(7)42(53)36(12-2)44-30(5)28-31(6)48(59-44)22-19-38(51)49(61-48)24-23-46(10,60-49)39-20-21-47(55,13-3)34(9)57-39/h14-16,19,22,25,29-39,41,43-44,51-52,55H,11-13,17-18,20-21,23-24,26-28H2,1-10H3/t29-,30-,31+,32-,33-,34-,35+,36-,37?,38+,39+,41+,43+,44-,46-,47+,48-,49-/m1/s1. The van der Waals surface area contributed by atoms with Gasteiger partial charge in [0.15, 0.2) is 5.79 Å². The number of hydrogen-bond donors (Lipinski definition) is 3. The highest BCUT2D eigenvalue weighted by molar-refractivity contribution is 8.76. The van der Waals surface area contributed by atoms with Gasteiger partial charge in [-0.15, -0.1) is 0 Å². The van der Waals surface area contributed by atoms with Gasteiger partial charge in [-0.1, -0.05) is 72.3 Å². The van der Waals surface area contributed by atoms with E-state index in [4.69, 9.17) is 28.4 Å². The van der Waals surface area contributed by atoms with Gasteiger partial charge in [0.25, 0.3) is 0 Å². The van der Waals surface area contributed by atoms with Crippen LogP contribution >= 0.6 is 21.6 Å². The molecule has 14 heteroatoms. The van der Waals surface area contributed by atoms with Crippen molar-refractivity contribution in [3.05, 3.63) is 36.5 Å². The van der Waals surface area contributed by atoms with Gasteiger partial charge in [0.2, 0.25) is 5.79 Å². The lowest BCUT2D eigenvalue weighted by molar-refractivity contribution is -0.409. The summed E-state index contributed by atoms with van der Waals surface area (Å²) in [6.07, 6.45) is 7.60. The lowest BCUT2D eigenvalue weighted by Crippen LogP contribution is -2.63.